The molecule has 0 bridgehead atoms. The Bertz CT molecular complexity index is 485. The van der Waals surface area contributed by atoms with Crippen molar-refractivity contribution in [1.29, 1.82) is 0 Å². The van der Waals surface area contributed by atoms with Crippen LogP contribution in [-0.4, -0.2) is 4.37 Å². The minimum atomic E-state index is -0.446. The molecule has 12 heavy (non-hydrogen) atoms. The van der Waals surface area contributed by atoms with E-state index in [1.165, 1.54) is 17.6 Å². The molecule has 4 heteroatoms. The first-order valence-corrected chi connectivity index (χ1v) is 4.28. The molecule has 2 rings (SSSR count). The van der Waals surface area contributed by atoms with E-state index in [0.29, 0.717) is 4.70 Å². The zero-order valence-corrected chi connectivity index (χ0v) is 7.17. The van der Waals surface area contributed by atoms with Gasteiger partial charge in [0, 0.05) is 0 Å². The lowest BCUT2D eigenvalue weighted by Gasteiger charge is -1.93. The second kappa shape index (κ2) is 2.42. The molecule has 0 aliphatic heterocycles. The quantitative estimate of drug-likeness (QED) is 0.666. The normalized spacial score (nSPS) is 10.8. The number of aryl methyl sites for hydroxylation is 1. The van der Waals surface area contributed by atoms with Crippen molar-refractivity contribution in [3.05, 3.63) is 33.9 Å². The first-order chi connectivity index (χ1) is 5.70. The molecule has 0 unspecified atom stereocenters. The Morgan fingerprint density at radius 3 is 2.92 bits per heavy atom. The first-order valence-electron chi connectivity index (χ1n) is 3.46. The van der Waals surface area contributed by atoms with Crippen molar-refractivity contribution in [1.82, 2.24) is 4.37 Å². The van der Waals surface area contributed by atoms with Gasteiger partial charge in [0.25, 0.3) is 5.56 Å². The van der Waals surface area contributed by atoms with Crippen LogP contribution in [0.1, 0.15) is 5.56 Å². The maximum atomic E-state index is 13.0. The van der Waals surface area contributed by atoms with Gasteiger partial charge < -0.3 is 0 Å². The van der Waals surface area contributed by atoms with E-state index in [1.807, 2.05) is 6.92 Å². The summed E-state index contributed by atoms with van der Waals surface area (Å²) in [6.07, 6.45) is 0. The Kier molecular flexibility index (Phi) is 1.51. The highest BCUT2D eigenvalue weighted by molar-refractivity contribution is 7.13. The summed E-state index contributed by atoms with van der Waals surface area (Å²) < 4.78 is 16.3. The average molecular weight is 183 g/mol. The standard InChI is InChI=1S/C8H6FNOS/c1-4-2-3-5(9)6-7(4)12-10-8(6)11/h2-3H,1H3,(H,10,11). The van der Waals surface area contributed by atoms with Gasteiger partial charge >= 0.3 is 0 Å². The summed E-state index contributed by atoms with van der Waals surface area (Å²) in [6.45, 7) is 1.85. The predicted octanol–water partition coefficient (Wildman–Crippen LogP) is 2.04. The molecular weight excluding hydrogens is 177 g/mol. The Labute approximate surface area is 71.8 Å². The highest BCUT2D eigenvalue weighted by atomic mass is 32.1. The van der Waals surface area contributed by atoms with E-state index in [4.69, 9.17) is 0 Å². The lowest BCUT2D eigenvalue weighted by molar-refractivity contribution is 0.639. The fourth-order valence-electron chi connectivity index (χ4n) is 1.15. The molecule has 0 radical (unpaired) electrons. The molecule has 0 aliphatic rings. The van der Waals surface area contributed by atoms with Crippen LogP contribution >= 0.6 is 11.5 Å². The van der Waals surface area contributed by atoms with E-state index in [0.717, 1.165) is 5.56 Å². The third kappa shape index (κ3) is 0.881. The maximum Gasteiger partial charge on any atom is 0.268 e. The van der Waals surface area contributed by atoms with Crippen LogP contribution in [0, 0.1) is 12.7 Å². The van der Waals surface area contributed by atoms with Crippen LogP contribution in [0.2, 0.25) is 0 Å². The van der Waals surface area contributed by atoms with Crippen LogP contribution < -0.4 is 5.56 Å². The Hall–Kier alpha value is -1.16. The number of H-pyrrole nitrogens is 1. The van der Waals surface area contributed by atoms with Gasteiger partial charge in [0.1, 0.15) is 5.82 Å². The first kappa shape index (κ1) is 7.49. The van der Waals surface area contributed by atoms with Gasteiger partial charge in [-0.1, -0.05) is 17.6 Å². The monoisotopic (exact) mass is 183 g/mol. The van der Waals surface area contributed by atoms with Crippen LogP contribution in [0.5, 0.6) is 0 Å². The van der Waals surface area contributed by atoms with Crippen LogP contribution in [0.4, 0.5) is 4.39 Å². The number of benzene rings is 1. The summed E-state index contributed by atoms with van der Waals surface area (Å²) in [6, 6.07) is 2.99. The van der Waals surface area contributed by atoms with Crippen LogP contribution in [0.15, 0.2) is 16.9 Å². The molecule has 0 aliphatic carbocycles. The van der Waals surface area contributed by atoms with Crippen molar-refractivity contribution < 1.29 is 4.39 Å². The van der Waals surface area contributed by atoms with Crippen molar-refractivity contribution in [3.8, 4) is 0 Å². The topological polar surface area (TPSA) is 32.9 Å². The summed E-state index contributed by atoms with van der Waals surface area (Å²) in [5, 5.41) is 0.181. The molecule has 1 heterocycles. The lowest BCUT2D eigenvalue weighted by Crippen LogP contribution is -1.98. The number of hydrogen-bond donors (Lipinski definition) is 1. The molecule has 0 fully saturated rings. The second-order valence-electron chi connectivity index (χ2n) is 2.60. The van der Waals surface area contributed by atoms with E-state index in [1.54, 1.807) is 6.07 Å². The van der Waals surface area contributed by atoms with Gasteiger partial charge in [-0.2, -0.15) is 0 Å². The van der Waals surface area contributed by atoms with Crippen LogP contribution in [0.25, 0.3) is 10.1 Å². The number of fused-ring (bicyclic) bond motifs is 1. The molecule has 1 aromatic carbocycles. The summed E-state index contributed by atoms with van der Waals surface area (Å²) in [7, 11) is 0. The van der Waals surface area contributed by atoms with Gasteiger partial charge in [-0.3, -0.25) is 9.17 Å². The number of aromatic amines is 1. The molecule has 2 aromatic rings. The molecular formula is C8H6FNOS. The van der Waals surface area contributed by atoms with E-state index in [9.17, 15) is 9.18 Å². The summed E-state index contributed by atoms with van der Waals surface area (Å²) in [4.78, 5) is 11.1. The maximum absolute atomic E-state index is 13.0. The smallest absolute Gasteiger partial charge is 0.268 e. The summed E-state index contributed by atoms with van der Waals surface area (Å²) in [5.41, 5.74) is 0.589. The van der Waals surface area contributed by atoms with Gasteiger partial charge in [-0.25, -0.2) is 4.39 Å². The van der Waals surface area contributed by atoms with E-state index < -0.39 is 5.82 Å². The average Bonchev–Trinajstić information content (AvgIpc) is 2.42. The molecule has 2 nitrogen and oxygen atoms in total. The van der Waals surface area contributed by atoms with Crippen molar-refractivity contribution in [2.24, 2.45) is 0 Å². The van der Waals surface area contributed by atoms with Gasteiger partial charge in [-0.05, 0) is 18.6 Å². The van der Waals surface area contributed by atoms with E-state index in [-0.39, 0.29) is 10.9 Å². The van der Waals surface area contributed by atoms with Crippen LogP contribution in [0.3, 0.4) is 0 Å². The zero-order chi connectivity index (χ0) is 8.72. The Morgan fingerprint density at radius 2 is 2.25 bits per heavy atom. The molecule has 0 atom stereocenters. The molecule has 62 valence electrons. The van der Waals surface area contributed by atoms with Crippen LogP contribution in [-0.2, 0) is 0 Å². The second-order valence-corrected chi connectivity index (χ2v) is 3.42. The molecule has 0 spiro atoms. The van der Waals surface area contributed by atoms with Gasteiger partial charge in [0.05, 0.1) is 10.1 Å². The van der Waals surface area contributed by atoms with Gasteiger partial charge in [-0.15, -0.1) is 0 Å². The van der Waals surface area contributed by atoms with Crippen molar-refractivity contribution in [2.75, 3.05) is 0 Å². The summed E-state index contributed by atoms with van der Waals surface area (Å²) >= 11 is 1.18. The van der Waals surface area contributed by atoms with Gasteiger partial charge in [0.2, 0.25) is 0 Å². The third-order valence-corrected chi connectivity index (χ3v) is 2.79. The van der Waals surface area contributed by atoms with Crippen molar-refractivity contribution >= 4 is 21.6 Å². The minimum absolute atomic E-state index is 0.181. The zero-order valence-electron chi connectivity index (χ0n) is 6.35. The fourth-order valence-corrected chi connectivity index (χ4v) is 1.97. The van der Waals surface area contributed by atoms with Gasteiger partial charge in [0.15, 0.2) is 0 Å². The third-order valence-electron chi connectivity index (χ3n) is 1.78. The van der Waals surface area contributed by atoms with E-state index >= 15 is 0 Å². The summed E-state index contributed by atoms with van der Waals surface area (Å²) in [5.74, 6) is -0.446. The molecule has 0 saturated heterocycles. The largest absolute Gasteiger partial charge is 0.277 e. The lowest BCUT2D eigenvalue weighted by atomic mass is 10.2. The number of hydrogen-bond acceptors (Lipinski definition) is 2. The highest BCUT2D eigenvalue weighted by Crippen LogP contribution is 2.20. The molecule has 0 amide bonds. The molecule has 1 aromatic heterocycles. The number of aromatic nitrogens is 1. The Balaban J connectivity index is 3.09. The van der Waals surface area contributed by atoms with Crippen molar-refractivity contribution in [2.45, 2.75) is 6.92 Å². The van der Waals surface area contributed by atoms with Crippen molar-refractivity contribution in [3.63, 3.8) is 0 Å². The number of rotatable bonds is 0. The molecule has 0 saturated carbocycles. The highest BCUT2D eigenvalue weighted by Gasteiger charge is 2.08. The number of nitrogens with one attached hydrogen (secondary N) is 1. The predicted molar refractivity (Wildman–Crippen MR) is 47.1 cm³/mol. The van der Waals surface area contributed by atoms with E-state index in [2.05, 4.69) is 4.37 Å². The number of halogens is 1. The molecule has 1 N–H and O–H groups in total. The fraction of sp³-hybridized carbons (Fsp3) is 0.125. The minimum Gasteiger partial charge on any atom is -0.277 e. The SMILES string of the molecule is Cc1ccc(F)c2c(=O)[nH]sc12. The Morgan fingerprint density at radius 1 is 1.50 bits per heavy atom.